The zero-order chi connectivity index (χ0) is 13.3. The number of carboxylic acids is 1. The van der Waals surface area contributed by atoms with Crippen LogP contribution in [0.4, 0.5) is 0 Å². The number of aliphatic carboxylic acids is 1. The minimum Gasteiger partial charge on any atom is -0.481 e. The molecule has 2 unspecified atom stereocenters. The summed E-state index contributed by atoms with van der Waals surface area (Å²) in [7, 11) is 0. The molecule has 1 saturated heterocycles. The second-order valence-corrected chi connectivity index (χ2v) is 7.03. The van der Waals surface area contributed by atoms with Crippen LogP contribution in [0, 0.1) is 17.8 Å². The van der Waals surface area contributed by atoms with E-state index in [9.17, 15) is 9.90 Å². The highest BCUT2D eigenvalue weighted by Crippen LogP contribution is 2.41. The lowest BCUT2D eigenvalue weighted by atomic mass is 9.78. The Morgan fingerprint density at radius 3 is 2.22 bits per heavy atom. The minimum atomic E-state index is -0.559. The highest BCUT2D eigenvalue weighted by Gasteiger charge is 2.39. The summed E-state index contributed by atoms with van der Waals surface area (Å²) in [5.41, 5.74) is 0.257. The number of piperidine rings is 1. The molecule has 0 aromatic carbocycles. The summed E-state index contributed by atoms with van der Waals surface area (Å²) in [5.74, 6) is 0.476. The molecule has 1 saturated carbocycles. The average Bonchev–Trinajstić information content (AvgIpc) is 2.77. The predicted octanol–water partition coefficient (Wildman–Crippen LogP) is 3.00. The summed E-state index contributed by atoms with van der Waals surface area (Å²) in [6.07, 6.45) is 5.52. The van der Waals surface area contributed by atoms with Gasteiger partial charge >= 0.3 is 5.97 Å². The van der Waals surface area contributed by atoms with E-state index in [1.165, 1.54) is 12.8 Å². The van der Waals surface area contributed by atoms with Crippen molar-refractivity contribution in [3.05, 3.63) is 0 Å². The van der Waals surface area contributed by atoms with Gasteiger partial charge in [-0.05, 0) is 71.4 Å². The zero-order valence-corrected chi connectivity index (χ0v) is 12.0. The highest BCUT2D eigenvalue weighted by molar-refractivity contribution is 5.70. The first kappa shape index (κ1) is 13.9. The van der Waals surface area contributed by atoms with Crippen molar-refractivity contribution >= 4 is 5.97 Å². The van der Waals surface area contributed by atoms with E-state index in [0.717, 1.165) is 32.4 Å². The van der Waals surface area contributed by atoms with Crippen LogP contribution in [0.25, 0.3) is 0 Å². The number of nitrogens with zero attached hydrogens (tertiary/aromatic N) is 1. The van der Waals surface area contributed by atoms with Crippen molar-refractivity contribution < 1.29 is 9.90 Å². The lowest BCUT2D eigenvalue weighted by Crippen LogP contribution is -2.47. The number of rotatable bonds is 2. The van der Waals surface area contributed by atoms with Gasteiger partial charge in [-0.15, -0.1) is 0 Å². The fraction of sp³-hybridized carbons (Fsp3) is 0.933. The van der Waals surface area contributed by atoms with Crippen LogP contribution in [0.15, 0.2) is 0 Å². The van der Waals surface area contributed by atoms with Gasteiger partial charge in [-0.3, -0.25) is 9.69 Å². The monoisotopic (exact) mass is 253 g/mol. The Morgan fingerprint density at radius 2 is 1.72 bits per heavy atom. The number of carboxylic acid groups (broad SMARTS) is 1. The van der Waals surface area contributed by atoms with E-state index in [0.29, 0.717) is 11.8 Å². The number of carbonyl (C=O) groups is 1. The Hall–Kier alpha value is -0.570. The molecule has 0 aromatic heterocycles. The van der Waals surface area contributed by atoms with Crippen LogP contribution >= 0.6 is 0 Å². The summed E-state index contributed by atoms with van der Waals surface area (Å²) in [5, 5.41) is 9.29. The van der Waals surface area contributed by atoms with Crippen LogP contribution < -0.4 is 0 Å². The van der Waals surface area contributed by atoms with Crippen LogP contribution in [-0.2, 0) is 4.79 Å². The van der Waals surface area contributed by atoms with Crippen molar-refractivity contribution in [2.24, 2.45) is 17.8 Å². The summed E-state index contributed by atoms with van der Waals surface area (Å²) in [6, 6.07) is 0. The van der Waals surface area contributed by atoms with E-state index in [-0.39, 0.29) is 11.5 Å². The summed E-state index contributed by atoms with van der Waals surface area (Å²) in [4.78, 5) is 13.8. The Kier molecular flexibility index (Phi) is 4.00. The first-order chi connectivity index (χ1) is 8.39. The third-order valence-electron chi connectivity index (χ3n) is 4.98. The van der Waals surface area contributed by atoms with E-state index in [1.807, 2.05) is 0 Å². The maximum absolute atomic E-state index is 11.3. The molecule has 2 atom stereocenters. The maximum atomic E-state index is 11.3. The number of likely N-dealkylation sites (tertiary alicyclic amines) is 1. The minimum absolute atomic E-state index is 0.0591. The molecule has 18 heavy (non-hydrogen) atoms. The van der Waals surface area contributed by atoms with Crippen LogP contribution in [0.3, 0.4) is 0 Å². The van der Waals surface area contributed by atoms with Crippen molar-refractivity contribution in [1.82, 2.24) is 4.90 Å². The van der Waals surface area contributed by atoms with Crippen molar-refractivity contribution in [2.75, 3.05) is 13.1 Å². The van der Waals surface area contributed by atoms with Crippen LogP contribution in [0.1, 0.15) is 52.9 Å². The van der Waals surface area contributed by atoms with Crippen LogP contribution in [-0.4, -0.2) is 34.6 Å². The van der Waals surface area contributed by atoms with E-state index in [1.54, 1.807) is 0 Å². The molecule has 0 amide bonds. The second kappa shape index (κ2) is 5.20. The molecule has 1 heterocycles. The quantitative estimate of drug-likeness (QED) is 0.822. The zero-order valence-electron chi connectivity index (χ0n) is 12.0. The lowest BCUT2D eigenvalue weighted by molar-refractivity contribution is -0.144. The van der Waals surface area contributed by atoms with Gasteiger partial charge in [-0.2, -0.15) is 0 Å². The molecular weight excluding hydrogens is 226 g/mol. The van der Waals surface area contributed by atoms with E-state index < -0.39 is 5.97 Å². The topological polar surface area (TPSA) is 40.5 Å². The van der Waals surface area contributed by atoms with Gasteiger partial charge in [0.25, 0.3) is 0 Å². The van der Waals surface area contributed by atoms with Crippen molar-refractivity contribution in [3.63, 3.8) is 0 Å². The molecule has 0 radical (unpaired) electrons. The first-order valence-electron chi connectivity index (χ1n) is 7.37. The van der Waals surface area contributed by atoms with Crippen LogP contribution in [0.5, 0.6) is 0 Å². The van der Waals surface area contributed by atoms with Gasteiger partial charge in [0.15, 0.2) is 0 Å². The molecule has 2 aliphatic rings. The van der Waals surface area contributed by atoms with Gasteiger partial charge in [0.1, 0.15) is 0 Å². The van der Waals surface area contributed by atoms with Crippen molar-refractivity contribution in [1.29, 1.82) is 0 Å². The molecule has 1 N–H and O–H groups in total. The molecule has 3 heteroatoms. The summed E-state index contributed by atoms with van der Waals surface area (Å²) in [6.45, 7) is 9.07. The van der Waals surface area contributed by atoms with E-state index >= 15 is 0 Å². The van der Waals surface area contributed by atoms with E-state index in [2.05, 4.69) is 25.7 Å². The summed E-state index contributed by atoms with van der Waals surface area (Å²) < 4.78 is 0. The number of hydrogen-bond acceptors (Lipinski definition) is 2. The average molecular weight is 253 g/mol. The predicted molar refractivity (Wildman–Crippen MR) is 72.5 cm³/mol. The van der Waals surface area contributed by atoms with Crippen molar-refractivity contribution in [2.45, 2.75) is 58.4 Å². The Balaban J connectivity index is 1.91. The third kappa shape index (κ3) is 2.87. The highest BCUT2D eigenvalue weighted by atomic mass is 16.4. The standard InChI is InChI=1S/C15H27NO2/c1-15(2,3)16-9-7-11(8-10-16)12-5-4-6-13(12)14(17)18/h11-13H,4-10H2,1-3H3,(H,17,18). The largest absolute Gasteiger partial charge is 0.481 e. The second-order valence-electron chi connectivity index (χ2n) is 7.03. The molecular formula is C15H27NO2. The van der Waals surface area contributed by atoms with Crippen molar-refractivity contribution in [3.8, 4) is 0 Å². The molecule has 0 spiro atoms. The van der Waals surface area contributed by atoms with Gasteiger partial charge in [0.2, 0.25) is 0 Å². The molecule has 2 rings (SSSR count). The lowest BCUT2D eigenvalue weighted by Gasteiger charge is -2.42. The normalized spacial score (nSPS) is 31.7. The molecule has 3 nitrogen and oxygen atoms in total. The SMILES string of the molecule is CC(C)(C)N1CCC(C2CCCC2C(=O)O)CC1. The molecule has 1 aliphatic heterocycles. The fourth-order valence-electron chi connectivity index (χ4n) is 3.86. The molecule has 0 bridgehead atoms. The smallest absolute Gasteiger partial charge is 0.306 e. The molecule has 1 aliphatic carbocycles. The van der Waals surface area contributed by atoms with Gasteiger partial charge in [-0.1, -0.05) is 6.42 Å². The Morgan fingerprint density at radius 1 is 1.11 bits per heavy atom. The number of hydrogen-bond donors (Lipinski definition) is 1. The molecule has 104 valence electrons. The maximum Gasteiger partial charge on any atom is 0.306 e. The van der Waals surface area contributed by atoms with Crippen LogP contribution in [0.2, 0.25) is 0 Å². The molecule has 2 fully saturated rings. The molecule has 0 aromatic rings. The first-order valence-corrected chi connectivity index (χ1v) is 7.37. The third-order valence-corrected chi connectivity index (χ3v) is 4.98. The summed E-state index contributed by atoms with van der Waals surface area (Å²) >= 11 is 0. The van der Waals surface area contributed by atoms with Gasteiger partial charge < -0.3 is 5.11 Å². The van der Waals surface area contributed by atoms with Gasteiger partial charge in [-0.25, -0.2) is 0 Å². The van der Waals surface area contributed by atoms with E-state index in [4.69, 9.17) is 0 Å². The fourth-order valence-corrected chi connectivity index (χ4v) is 3.86. The van der Waals surface area contributed by atoms with Gasteiger partial charge in [0, 0.05) is 5.54 Å². The Labute approximate surface area is 111 Å². The van der Waals surface area contributed by atoms with Gasteiger partial charge in [0.05, 0.1) is 5.92 Å². The Bertz CT molecular complexity index is 300.